The first-order valence-electron chi connectivity index (χ1n) is 11.5. The summed E-state index contributed by atoms with van der Waals surface area (Å²) < 4.78 is 5.58. The first kappa shape index (κ1) is 21.7. The number of carbonyl (C=O) groups is 1. The van der Waals surface area contributed by atoms with Gasteiger partial charge in [-0.05, 0) is 48.7 Å². The lowest BCUT2D eigenvalue weighted by Crippen LogP contribution is -2.30. The largest absolute Gasteiger partial charge is 0.494 e. The van der Waals surface area contributed by atoms with E-state index in [0.29, 0.717) is 18.8 Å². The molecule has 2 aromatic carbocycles. The Labute approximate surface area is 197 Å². The number of benzene rings is 2. The molecule has 174 valence electrons. The standard InChI is InChI=1S/C25H27N7O2/c1-2-13-34-19-9-7-18(8-10-19)30-25(33)26-12-11-17-15-32(22-6-4-3-5-20(17)22)24-21-14-29-31-23(21)27-16-28-24/h3-10,14,16-17H,2,11-13,15H2,1H3,(H2,26,30,33)(H,27,28,29,31). The Morgan fingerprint density at radius 3 is 2.88 bits per heavy atom. The highest BCUT2D eigenvalue weighted by atomic mass is 16.5. The number of amides is 2. The Bertz CT molecular complexity index is 1270. The zero-order valence-corrected chi connectivity index (χ0v) is 19.0. The van der Waals surface area contributed by atoms with Gasteiger partial charge >= 0.3 is 6.03 Å². The Morgan fingerprint density at radius 1 is 1.18 bits per heavy atom. The Kier molecular flexibility index (Phi) is 6.24. The number of aromatic amines is 1. The Balaban J connectivity index is 1.20. The second-order valence-corrected chi connectivity index (χ2v) is 8.24. The van der Waals surface area contributed by atoms with Crippen molar-refractivity contribution in [2.45, 2.75) is 25.7 Å². The molecule has 2 aromatic heterocycles. The van der Waals surface area contributed by atoms with Crippen molar-refractivity contribution >= 4 is 34.3 Å². The van der Waals surface area contributed by atoms with Gasteiger partial charge in [-0.2, -0.15) is 5.10 Å². The van der Waals surface area contributed by atoms with Gasteiger partial charge in [-0.3, -0.25) is 5.10 Å². The van der Waals surface area contributed by atoms with E-state index in [2.05, 4.69) is 60.8 Å². The fraction of sp³-hybridized carbons (Fsp3) is 0.280. The fourth-order valence-corrected chi connectivity index (χ4v) is 4.30. The van der Waals surface area contributed by atoms with Crippen molar-refractivity contribution in [3.8, 4) is 5.75 Å². The lowest BCUT2D eigenvalue weighted by atomic mass is 9.98. The molecule has 5 rings (SSSR count). The van der Waals surface area contributed by atoms with Gasteiger partial charge in [0.2, 0.25) is 0 Å². The van der Waals surface area contributed by atoms with Crippen LogP contribution in [-0.2, 0) is 0 Å². The quantitative estimate of drug-likeness (QED) is 0.357. The summed E-state index contributed by atoms with van der Waals surface area (Å²) in [5.41, 5.74) is 3.83. The minimum absolute atomic E-state index is 0.221. The van der Waals surface area contributed by atoms with Crippen molar-refractivity contribution in [2.75, 3.05) is 29.9 Å². The van der Waals surface area contributed by atoms with Crippen LogP contribution in [0.2, 0.25) is 0 Å². The maximum atomic E-state index is 12.4. The molecular formula is C25H27N7O2. The van der Waals surface area contributed by atoms with E-state index in [1.807, 2.05) is 30.3 Å². The van der Waals surface area contributed by atoms with Crippen molar-refractivity contribution in [3.63, 3.8) is 0 Å². The van der Waals surface area contributed by atoms with E-state index in [9.17, 15) is 4.79 Å². The third-order valence-corrected chi connectivity index (χ3v) is 5.92. The molecule has 1 atom stereocenters. The van der Waals surface area contributed by atoms with Crippen LogP contribution in [0.25, 0.3) is 11.0 Å². The normalized spacial score (nSPS) is 14.7. The molecule has 34 heavy (non-hydrogen) atoms. The third-order valence-electron chi connectivity index (χ3n) is 5.92. The predicted molar refractivity (Wildman–Crippen MR) is 132 cm³/mol. The minimum Gasteiger partial charge on any atom is -0.494 e. The third kappa shape index (κ3) is 4.50. The minimum atomic E-state index is -0.221. The van der Waals surface area contributed by atoms with Crippen molar-refractivity contribution in [2.24, 2.45) is 0 Å². The number of nitrogens with one attached hydrogen (secondary N) is 3. The molecule has 3 heterocycles. The van der Waals surface area contributed by atoms with Crippen molar-refractivity contribution in [1.29, 1.82) is 0 Å². The van der Waals surface area contributed by atoms with E-state index in [4.69, 9.17) is 4.74 Å². The number of H-pyrrole nitrogens is 1. The molecule has 1 unspecified atom stereocenters. The maximum Gasteiger partial charge on any atom is 0.319 e. The summed E-state index contributed by atoms with van der Waals surface area (Å²) >= 11 is 0. The molecule has 9 nitrogen and oxygen atoms in total. The number of hydrogen-bond donors (Lipinski definition) is 3. The zero-order chi connectivity index (χ0) is 23.3. The molecule has 0 fully saturated rings. The van der Waals surface area contributed by atoms with Crippen molar-refractivity contribution in [3.05, 3.63) is 66.6 Å². The molecule has 0 saturated carbocycles. The molecule has 0 radical (unpaired) electrons. The number of urea groups is 1. The number of fused-ring (bicyclic) bond motifs is 2. The lowest BCUT2D eigenvalue weighted by Gasteiger charge is -2.19. The van der Waals surface area contributed by atoms with Gasteiger partial charge in [0, 0.05) is 30.4 Å². The summed E-state index contributed by atoms with van der Waals surface area (Å²) in [5.74, 6) is 1.91. The summed E-state index contributed by atoms with van der Waals surface area (Å²) in [4.78, 5) is 23.4. The fourth-order valence-electron chi connectivity index (χ4n) is 4.30. The van der Waals surface area contributed by atoms with Crippen LogP contribution in [0.4, 0.5) is 22.0 Å². The van der Waals surface area contributed by atoms with Crippen LogP contribution in [0, 0.1) is 0 Å². The molecular weight excluding hydrogens is 430 g/mol. The van der Waals surface area contributed by atoms with E-state index >= 15 is 0 Å². The van der Waals surface area contributed by atoms with Crippen LogP contribution in [0.3, 0.4) is 0 Å². The van der Waals surface area contributed by atoms with Crippen LogP contribution in [-0.4, -0.2) is 45.9 Å². The van der Waals surface area contributed by atoms with E-state index < -0.39 is 0 Å². The predicted octanol–water partition coefficient (Wildman–Crippen LogP) is 4.59. The van der Waals surface area contributed by atoms with Gasteiger partial charge in [0.15, 0.2) is 5.65 Å². The zero-order valence-electron chi connectivity index (χ0n) is 19.0. The van der Waals surface area contributed by atoms with Gasteiger partial charge < -0.3 is 20.3 Å². The number of para-hydroxylation sites is 1. The molecule has 2 amide bonds. The molecule has 0 saturated heterocycles. The van der Waals surface area contributed by atoms with Crippen molar-refractivity contribution < 1.29 is 9.53 Å². The van der Waals surface area contributed by atoms with Gasteiger partial charge in [0.05, 0.1) is 18.2 Å². The number of anilines is 3. The molecule has 0 spiro atoms. The summed E-state index contributed by atoms with van der Waals surface area (Å²) in [6.07, 6.45) is 5.08. The molecule has 0 aliphatic carbocycles. The molecule has 3 N–H and O–H groups in total. The number of ether oxygens (including phenoxy) is 1. The molecule has 0 bridgehead atoms. The number of carbonyl (C=O) groups excluding carboxylic acids is 1. The molecule has 1 aliphatic rings. The van der Waals surface area contributed by atoms with Crippen LogP contribution >= 0.6 is 0 Å². The smallest absolute Gasteiger partial charge is 0.319 e. The van der Waals surface area contributed by atoms with Gasteiger partial charge in [-0.25, -0.2) is 14.8 Å². The first-order valence-corrected chi connectivity index (χ1v) is 11.5. The average Bonchev–Trinajstić information content (AvgIpc) is 3.49. The van der Waals surface area contributed by atoms with Gasteiger partial charge in [0.1, 0.15) is 17.9 Å². The first-order chi connectivity index (χ1) is 16.7. The monoisotopic (exact) mass is 457 g/mol. The van der Waals surface area contributed by atoms with E-state index in [-0.39, 0.29) is 11.9 Å². The van der Waals surface area contributed by atoms with Crippen LogP contribution in [0.1, 0.15) is 31.2 Å². The van der Waals surface area contributed by atoms with Crippen LogP contribution in [0.15, 0.2) is 61.1 Å². The van der Waals surface area contributed by atoms with Crippen LogP contribution in [0.5, 0.6) is 5.75 Å². The molecule has 1 aliphatic heterocycles. The number of nitrogens with zero attached hydrogens (tertiary/aromatic N) is 4. The number of rotatable bonds is 8. The highest BCUT2D eigenvalue weighted by Gasteiger charge is 2.30. The molecule has 9 heteroatoms. The van der Waals surface area contributed by atoms with Gasteiger partial charge in [-0.15, -0.1) is 0 Å². The Morgan fingerprint density at radius 2 is 2.03 bits per heavy atom. The number of aromatic nitrogens is 4. The van der Waals surface area contributed by atoms with Gasteiger partial charge in [-0.1, -0.05) is 25.1 Å². The number of hydrogen-bond acceptors (Lipinski definition) is 6. The Hall–Kier alpha value is -4.14. The van der Waals surface area contributed by atoms with E-state index in [1.54, 1.807) is 12.5 Å². The summed E-state index contributed by atoms with van der Waals surface area (Å²) in [6.45, 7) is 4.08. The average molecular weight is 458 g/mol. The lowest BCUT2D eigenvalue weighted by molar-refractivity contribution is 0.251. The molecule has 4 aromatic rings. The summed E-state index contributed by atoms with van der Waals surface area (Å²) in [7, 11) is 0. The highest BCUT2D eigenvalue weighted by Crippen LogP contribution is 2.42. The van der Waals surface area contributed by atoms with E-state index in [1.165, 1.54) is 5.56 Å². The van der Waals surface area contributed by atoms with Gasteiger partial charge in [0.25, 0.3) is 0 Å². The van der Waals surface area contributed by atoms with Crippen molar-refractivity contribution in [1.82, 2.24) is 25.5 Å². The SMILES string of the molecule is CCCOc1ccc(NC(=O)NCCC2CN(c3ncnc4[nH]ncc34)c3ccccc32)cc1. The summed E-state index contributed by atoms with van der Waals surface area (Å²) in [6, 6.07) is 15.5. The highest BCUT2D eigenvalue weighted by molar-refractivity contribution is 5.90. The topological polar surface area (TPSA) is 108 Å². The summed E-state index contributed by atoms with van der Waals surface area (Å²) in [5, 5.41) is 13.8. The van der Waals surface area contributed by atoms with E-state index in [0.717, 1.165) is 47.7 Å². The second kappa shape index (κ2) is 9.78. The van der Waals surface area contributed by atoms with Crippen LogP contribution < -0.4 is 20.3 Å². The maximum absolute atomic E-state index is 12.4. The second-order valence-electron chi connectivity index (χ2n) is 8.24.